The Hall–Kier alpha value is -4.78. The van der Waals surface area contributed by atoms with Gasteiger partial charge in [-0.15, -0.1) is 0 Å². The number of amides is 2. The number of hydrogen-bond donors (Lipinski definition) is 3. The van der Waals surface area contributed by atoms with Gasteiger partial charge in [-0.2, -0.15) is 0 Å². The van der Waals surface area contributed by atoms with Gasteiger partial charge in [-0.3, -0.25) is 9.59 Å². The Kier molecular flexibility index (Phi) is 8.75. The van der Waals surface area contributed by atoms with Crippen LogP contribution < -0.4 is 25.4 Å². The zero-order chi connectivity index (χ0) is 25.9. The van der Waals surface area contributed by atoms with Crippen LogP contribution in [0.2, 0.25) is 0 Å². The first-order valence-corrected chi connectivity index (χ1v) is 12.0. The molecule has 188 valence electrons. The first-order valence-electron chi connectivity index (χ1n) is 12.0. The quantitative estimate of drug-likeness (QED) is 0.230. The highest BCUT2D eigenvalue weighted by Gasteiger charge is 2.09. The number of carbonyl (C=O) groups excluding carboxylic acids is 2. The van der Waals surface area contributed by atoms with Crippen LogP contribution in [0.5, 0.6) is 11.5 Å². The normalized spacial score (nSPS) is 10.3. The van der Waals surface area contributed by atoms with Gasteiger partial charge in [0.05, 0.1) is 12.2 Å². The van der Waals surface area contributed by atoms with E-state index in [1.54, 1.807) is 30.3 Å². The average molecular weight is 496 g/mol. The Bertz CT molecular complexity index is 1320. The summed E-state index contributed by atoms with van der Waals surface area (Å²) in [6, 6.07) is 31.4. The smallest absolute Gasteiger partial charge is 0.255 e. The van der Waals surface area contributed by atoms with E-state index in [-0.39, 0.29) is 18.4 Å². The van der Waals surface area contributed by atoms with Crippen LogP contribution in [0, 0.1) is 6.92 Å². The van der Waals surface area contributed by atoms with Crippen LogP contribution >= 0.6 is 0 Å². The van der Waals surface area contributed by atoms with Crippen LogP contribution in [0.1, 0.15) is 15.9 Å². The molecular formula is C30H29N3O4. The highest BCUT2D eigenvalue weighted by molar-refractivity contribution is 6.04. The third-order valence-electron chi connectivity index (χ3n) is 5.39. The van der Waals surface area contributed by atoms with Crippen molar-refractivity contribution in [2.24, 2.45) is 0 Å². The molecule has 0 aliphatic rings. The van der Waals surface area contributed by atoms with Gasteiger partial charge in [0.2, 0.25) is 5.91 Å². The molecule has 0 atom stereocenters. The van der Waals surface area contributed by atoms with E-state index in [9.17, 15) is 9.59 Å². The van der Waals surface area contributed by atoms with Crippen LogP contribution in [-0.2, 0) is 4.79 Å². The van der Waals surface area contributed by atoms with E-state index in [1.165, 1.54) is 0 Å². The van der Waals surface area contributed by atoms with E-state index in [1.807, 2.05) is 79.7 Å². The number of para-hydroxylation sites is 3. The summed E-state index contributed by atoms with van der Waals surface area (Å²) in [5.74, 6) is 0.964. The fourth-order valence-corrected chi connectivity index (χ4v) is 3.56. The summed E-state index contributed by atoms with van der Waals surface area (Å²) in [4.78, 5) is 25.0. The first kappa shape index (κ1) is 25.3. The summed E-state index contributed by atoms with van der Waals surface area (Å²) in [7, 11) is 0. The molecule has 7 heteroatoms. The molecule has 0 heterocycles. The molecule has 0 aliphatic carbocycles. The molecule has 0 radical (unpaired) electrons. The van der Waals surface area contributed by atoms with E-state index in [2.05, 4.69) is 16.0 Å². The molecular weight excluding hydrogens is 466 g/mol. The van der Waals surface area contributed by atoms with E-state index in [0.717, 1.165) is 17.0 Å². The lowest BCUT2D eigenvalue weighted by molar-refractivity contribution is -0.114. The molecule has 0 fully saturated rings. The van der Waals surface area contributed by atoms with Crippen molar-refractivity contribution in [3.8, 4) is 11.5 Å². The number of anilines is 3. The predicted molar refractivity (Wildman–Crippen MR) is 147 cm³/mol. The minimum atomic E-state index is -0.214. The van der Waals surface area contributed by atoms with Crippen LogP contribution in [0.3, 0.4) is 0 Å². The molecule has 7 nitrogen and oxygen atoms in total. The summed E-state index contributed by atoms with van der Waals surface area (Å²) in [6.07, 6.45) is 0. The van der Waals surface area contributed by atoms with Crippen LogP contribution in [0.25, 0.3) is 0 Å². The lowest BCUT2D eigenvalue weighted by Gasteiger charge is -2.14. The van der Waals surface area contributed by atoms with Crippen molar-refractivity contribution in [2.75, 3.05) is 35.7 Å². The van der Waals surface area contributed by atoms with Crippen molar-refractivity contribution in [1.82, 2.24) is 0 Å². The number of hydrogen-bond acceptors (Lipinski definition) is 5. The first-order chi connectivity index (χ1) is 18.1. The standard InChI is InChI=1S/C30H29N3O4/c1-22-8-7-9-23(20-22)30(35)32-25-16-14-24(15-17-25)31-21-29(34)33-27-12-5-6-13-28(27)37-19-18-36-26-10-3-2-4-11-26/h2-17,20,31H,18-19,21H2,1H3,(H,32,35)(H,33,34). The van der Waals surface area contributed by atoms with Gasteiger partial charge >= 0.3 is 0 Å². The molecule has 0 aromatic heterocycles. The predicted octanol–water partition coefficient (Wildman–Crippen LogP) is 5.76. The minimum Gasteiger partial charge on any atom is -0.490 e. The zero-order valence-electron chi connectivity index (χ0n) is 20.6. The molecule has 37 heavy (non-hydrogen) atoms. The van der Waals surface area contributed by atoms with Gasteiger partial charge in [-0.1, -0.05) is 48.0 Å². The summed E-state index contributed by atoms with van der Waals surface area (Å²) in [6.45, 7) is 2.74. The maximum Gasteiger partial charge on any atom is 0.255 e. The average Bonchev–Trinajstić information content (AvgIpc) is 2.92. The van der Waals surface area contributed by atoms with Crippen LogP contribution in [-0.4, -0.2) is 31.6 Å². The monoisotopic (exact) mass is 495 g/mol. The molecule has 0 unspecified atom stereocenters. The summed E-state index contributed by atoms with van der Waals surface area (Å²) in [5.41, 5.74) is 3.64. The topological polar surface area (TPSA) is 88.7 Å². The molecule has 0 spiro atoms. The molecule has 4 aromatic rings. The van der Waals surface area contributed by atoms with Gasteiger partial charge < -0.3 is 25.4 Å². The lowest BCUT2D eigenvalue weighted by atomic mass is 10.1. The van der Waals surface area contributed by atoms with Gasteiger partial charge in [-0.05, 0) is 67.6 Å². The van der Waals surface area contributed by atoms with Crippen molar-refractivity contribution in [2.45, 2.75) is 6.92 Å². The minimum absolute atomic E-state index is 0.0699. The molecule has 2 amide bonds. The van der Waals surface area contributed by atoms with E-state index in [4.69, 9.17) is 9.47 Å². The van der Waals surface area contributed by atoms with Crippen molar-refractivity contribution in [3.05, 3.63) is 114 Å². The Balaban J connectivity index is 1.23. The molecule has 4 aromatic carbocycles. The summed E-state index contributed by atoms with van der Waals surface area (Å²) in [5, 5.41) is 8.84. The van der Waals surface area contributed by atoms with Gasteiger partial charge in [-0.25, -0.2) is 0 Å². The van der Waals surface area contributed by atoms with E-state index >= 15 is 0 Å². The zero-order valence-corrected chi connectivity index (χ0v) is 20.6. The SMILES string of the molecule is Cc1cccc(C(=O)Nc2ccc(NCC(=O)Nc3ccccc3OCCOc3ccccc3)cc2)c1. The Morgan fingerprint density at radius 1 is 0.703 bits per heavy atom. The van der Waals surface area contributed by atoms with Crippen molar-refractivity contribution < 1.29 is 19.1 Å². The molecule has 0 saturated carbocycles. The van der Waals surface area contributed by atoms with Gasteiger partial charge in [0.25, 0.3) is 5.91 Å². The Labute approximate surface area is 216 Å². The highest BCUT2D eigenvalue weighted by atomic mass is 16.5. The maximum atomic E-state index is 12.5. The summed E-state index contributed by atoms with van der Waals surface area (Å²) < 4.78 is 11.5. The largest absolute Gasteiger partial charge is 0.490 e. The lowest BCUT2D eigenvalue weighted by Crippen LogP contribution is -2.22. The number of rotatable bonds is 11. The van der Waals surface area contributed by atoms with Crippen LogP contribution in [0.4, 0.5) is 17.1 Å². The van der Waals surface area contributed by atoms with Gasteiger partial charge in [0, 0.05) is 16.9 Å². The second-order valence-electron chi connectivity index (χ2n) is 8.31. The van der Waals surface area contributed by atoms with Crippen LogP contribution in [0.15, 0.2) is 103 Å². The molecule has 3 N–H and O–H groups in total. The van der Waals surface area contributed by atoms with Gasteiger partial charge in [0.1, 0.15) is 24.7 Å². The number of carbonyl (C=O) groups is 2. The molecule has 4 rings (SSSR count). The number of benzene rings is 4. The Morgan fingerprint density at radius 2 is 1.41 bits per heavy atom. The van der Waals surface area contributed by atoms with Crippen molar-refractivity contribution in [3.63, 3.8) is 0 Å². The number of aryl methyl sites for hydroxylation is 1. The molecule has 0 bridgehead atoms. The third kappa shape index (κ3) is 7.86. The highest BCUT2D eigenvalue weighted by Crippen LogP contribution is 2.24. The maximum absolute atomic E-state index is 12.5. The van der Waals surface area contributed by atoms with Crippen molar-refractivity contribution in [1.29, 1.82) is 0 Å². The summed E-state index contributed by atoms with van der Waals surface area (Å²) >= 11 is 0. The molecule has 0 aliphatic heterocycles. The van der Waals surface area contributed by atoms with E-state index in [0.29, 0.717) is 35.9 Å². The number of nitrogens with one attached hydrogen (secondary N) is 3. The second-order valence-corrected chi connectivity index (χ2v) is 8.31. The fourth-order valence-electron chi connectivity index (χ4n) is 3.56. The van der Waals surface area contributed by atoms with E-state index < -0.39 is 0 Å². The third-order valence-corrected chi connectivity index (χ3v) is 5.39. The molecule has 0 saturated heterocycles. The number of ether oxygens (including phenoxy) is 2. The van der Waals surface area contributed by atoms with Crippen molar-refractivity contribution >= 4 is 28.9 Å². The fraction of sp³-hybridized carbons (Fsp3) is 0.133. The Morgan fingerprint density at radius 3 is 2.19 bits per heavy atom. The van der Waals surface area contributed by atoms with Gasteiger partial charge in [0.15, 0.2) is 0 Å². The second kappa shape index (κ2) is 12.8.